The maximum atomic E-state index is 5.93. The van der Waals surface area contributed by atoms with Gasteiger partial charge in [-0.2, -0.15) is 0 Å². The molecule has 1 fully saturated rings. The van der Waals surface area contributed by atoms with Crippen molar-refractivity contribution in [3.8, 4) is 5.75 Å². The second-order valence-corrected chi connectivity index (χ2v) is 4.50. The second kappa shape index (κ2) is 5.30. The Labute approximate surface area is 96.8 Å². The van der Waals surface area contributed by atoms with E-state index in [1.807, 2.05) is 18.3 Å². The maximum Gasteiger partial charge on any atom is 0.123 e. The number of rotatable bonds is 3. The number of pyridine rings is 1. The van der Waals surface area contributed by atoms with Crippen LogP contribution in [0.2, 0.25) is 0 Å². The van der Waals surface area contributed by atoms with Gasteiger partial charge in [0.15, 0.2) is 0 Å². The highest BCUT2D eigenvalue weighted by molar-refractivity contribution is 5.24. The lowest BCUT2D eigenvalue weighted by Crippen LogP contribution is -2.25. The molecule has 2 rings (SSSR count). The van der Waals surface area contributed by atoms with Gasteiger partial charge in [-0.3, -0.25) is 4.98 Å². The van der Waals surface area contributed by atoms with E-state index in [0.717, 1.165) is 37.5 Å². The van der Waals surface area contributed by atoms with Gasteiger partial charge in [0.05, 0.1) is 13.2 Å². The third kappa shape index (κ3) is 2.95. The molecule has 1 saturated heterocycles. The first-order valence-electron chi connectivity index (χ1n) is 5.96. The molecule has 3 heteroatoms. The molecule has 0 unspecified atom stereocenters. The number of aromatic nitrogens is 1. The summed E-state index contributed by atoms with van der Waals surface area (Å²) in [6, 6.07) is 3.97. The van der Waals surface area contributed by atoms with Crippen molar-refractivity contribution in [3.05, 3.63) is 24.0 Å². The zero-order valence-corrected chi connectivity index (χ0v) is 9.98. The molecule has 0 aromatic carbocycles. The normalized spacial score (nSPS) is 17.7. The summed E-state index contributed by atoms with van der Waals surface area (Å²) < 4.78 is 11.2. The van der Waals surface area contributed by atoms with Crippen LogP contribution in [-0.2, 0) is 4.74 Å². The number of hydrogen-bond acceptors (Lipinski definition) is 3. The van der Waals surface area contributed by atoms with Crippen LogP contribution in [0.15, 0.2) is 18.3 Å². The van der Waals surface area contributed by atoms with Gasteiger partial charge in [-0.25, -0.2) is 0 Å². The van der Waals surface area contributed by atoms with Crippen molar-refractivity contribution < 1.29 is 9.47 Å². The Morgan fingerprint density at radius 2 is 2.12 bits per heavy atom. The van der Waals surface area contributed by atoms with Crippen LogP contribution in [0, 0.1) is 0 Å². The van der Waals surface area contributed by atoms with Gasteiger partial charge in [0.2, 0.25) is 0 Å². The highest BCUT2D eigenvalue weighted by atomic mass is 16.5. The second-order valence-electron chi connectivity index (χ2n) is 4.50. The molecule has 1 aliphatic rings. The fraction of sp³-hybridized carbons (Fsp3) is 0.615. The third-order valence-electron chi connectivity index (χ3n) is 2.82. The van der Waals surface area contributed by atoms with E-state index in [-0.39, 0.29) is 0 Å². The summed E-state index contributed by atoms with van der Waals surface area (Å²) in [7, 11) is 0. The molecule has 0 spiro atoms. The van der Waals surface area contributed by atoms with E-state index in [2.05, 4.69) is 18.8 Å². The molecule has 1 aliphatic heterocycles. The zero-order valence-electron chi connectivity index (χ0n) is 9.98. The monoisotopic (exact) mass is 221 g/mol. The van der Waals surface area contributed by atoms with E-state index in [0.29, 0.717) is 12.0 Å². The molecule has 1 aromatic rings. The minimum Gasteiger partial charge on any atom is -0.490 e. The fourth-order valence-corrected chi connectivity index (χ4v) is 1.80. The molecule has 2 heterocycles. The predicted molar refractivity (Wildman–Crippen MR) is 62.8 cm³/mol. The van der Waals surface area contributed by atoms with Crippen molar-refractivity contribution in [1.29, 1.82) is 0 Å². The van der Waals surface area contributed by atoms with E-state index in [4.69, 9.17) is 9.47 Å². The molecular weight excluding hydrogens is 202 g/mol. The van der Waals surface area contributed by atoms with Gasteiger partial charge < -0.3 is 9.47 Å². The smallest absolute Gasteiger partial charge is 0.123 e. The van der Waals surface area contributed by atoms with Crippen LogP contribution in [0.5, 0.6) is 5.75 Å². The number of ether oxygens (including phenoxy) is 2. The van der Waals surface area contributed by atoms with Crippen LogP contribution < -0.4 is 4.74 Å². The van der Waals surface area contributed by atoms with Crippen LogP contribution in [-0.4, -0.2) is 24.3 Å². The highest BCUT2D eigenvalue weighted by Crippen LogP contribution is 2.21. The van der Waals surface area contributed by atoms with Crippen molar-refractivity contribution >= 4 is 0 Å². The van der Waals surface area contributed by atoms with Gasteiger partial charge in [0.1, 0.15) is 11.9 Å². The number of nitrogens with zero attached hydrogens (tertiary/aromatic N) is 1. The minimum absolute atomic E-state index is 0.302. The summed E-state index contributed by atoms with van der Waals surface area (Å²) >= 11 is 0. The van der Waals surface area contributed by atoms with E-state index in [1.165, 1.54) is 0 Å². The summed E-state index contributed by atoms with van der Waals surface area (Å²) in [5.74, 6) is 1.38. The summed E-state index contributed by atoms with van der Waals surface area (Å²) in [4.78, 5) is 4.33. The molecule has 16 heavy (non-hydrogen) atoms. The molecule has 0 bridgehead atoms. The van der Waals surface area contributed by atoms with Crippen molar-refractivity contribution in [2.75, 3.05) is 13.2 Å². The van der Waals surface area contributed by atoms with Gasteiger partial charge in [0.25, 0.3) is 0 Å². The Bertz CT molecular complexity index is 332. The molecule has 1 aromatic heterocycles. The Morgan fingerprint density at radius 3 is 2.81 bits per heavy atom. The quantitative estimate of drug-likeness (QED) is 0.786. The Morgan fingerprint density at radius 1 is 1.38 bits per heavy atom. The van der Waals surface area contributed by atoms with Crippen LogP contribution in [0.25, 0.3) is 0 Å². The molecule has 0 atom stereocenters. The zero-order chi connectivity index (χ0) is 11.4. The first kappa shape index (κ1) is 11.4. The van der Waals surface area contributed by atoms with E-state index in [1.54, 1.807) is 0 Å². The van der Waals surface area contributed by atoms with E-state index in [9.17, 15) is 0 Å². The summed E-state index contributed by atoms with van der Waals surface area (Å²) in [6.45, 7) is 5.90. The summed E-state index contributed by atoms with van der Waals surface area (Å²) in [5.41, 5.74) is 1.09. The third-order valence-corrected chi connectivity index (χ3v) is 2.82. The Hall–Kier alpha value is -1.09. The molecule has 88 valence electrons. The summed E-state index contributed by atoms with van der Waals surface area (Å²) in [5, 5.41) is 0. The summed E-state index contributed by atoms with van der Waals surface area (Å²) in [6.07, 6.45) is 4.10. The van der Waals surface area contributed by atoms with E-state index < -0.39 is 0 Å². The first-order valence-corrected chi connectivity index (χ1v) is 5.96. The molecule has 0 N–H and O–H groups in total. The molecule has 0 radical (unpaired) electrons. The van der Waals surface area contributed by atoms with Gasteiger partial charge in [-0.05, 0) is 12.0 Å². The van der Waals surface area contributed by atoms with Crippen LogP contribution in [0.1, 0.15) is 38.3 Å². The van der Waals surface area contributed by atoms with Crippen LogP contribution in [0.4, 0.5) is 0 Å². The molecule has 0 amide bonds. The van der Waals surface area contributed by atoms with E-state index >= 15 is 0 Å². The lowest BCUT2D eigenvalue weighted by atomic mass is 10.1. The topological polar surface area (TPSA) is 31.4 Å². The molecular formula is C13H19NO2. The van der Waals surface area contributed by atoms with Gasteiger partial charge >= 0.3 is 0 Å². The van der Waals surface area contributed by atoms with Crippen LogP contribution in [0.3, 0.4) is 0 Å². The highest BCUT2D eigenvalue weighted by Gasteiger charge is 2.15. The van der Waals surface area contributed by atoms with Crippen LogP contribution >= 0.6 is 0 Å². The van der Waals surface area contributed by atoms with Crippen molar-refractivity contribution in [2.45, 2.75) is 38.7 Å². The first-order chi connectivity index (χ1) is 7.75. The minimum atomic E-state index is 0.302. The lowest BCUT2D eigenvalue weighted by Gasteiger charge is -2.23. The average molecular weight is 221 g/mol. The maximum absolute atomic E-state index is 5.93. The van der Waals surface area contributed by atoms with Crippen molar-refractivity contribution in [1.82, 2.24) is 4.98 Å². The van der Waals surface area contributed by atoms with Gasteiger partial charge in [-0.15, -0.1) is 0 Å². The SMILES string of the molecule is CC(C)c1cc(OC2CCOCC2)ccn1. The van der Waals surface area contributed by atoms with Crippen molar-refractivity contribution in [2.24, 2.45) is 0 Å². The largest absolute Gasteiger partial charge is 0.490 e. The fourth-order valence-electron chi connectivity index (χ4n) is 1.80. The molecule has 0 aliphatic carbocycles. The molecule has 3 nitrogen and oxygen atoms in total. The average Bonchev–Trinajstić information content (AvgIpc) is 2.30. The van der Waals surface area contributed by atoms with Gasteiger partial charge in [-0.1, -0.05) is 13.8 Å². The van der Waals surface area contributed by atoms with Crippen molar-refractivity contribution in [3.63, 3.8) is 0 Å². The lowest BCUT2D eigenvalue weighted by molar-refractivity contribution is 0.0255. The Balaban J connectivity index is 2.00. The van der Waals surface area contributed by atoms with Gasteiger partial charge in [0, 0.05) is 30.8 Å². The molecule has 0 saturated carbocycles. The predicted octanol–water partition coefficient (Wildman–Crippen LogP) is 2.76. The standard InChI is InChI=1S/C13H19NO2/c1-10(2)13-9-12(3-6-14-13)16-11-4-7-15-8-5-11/h3,6,9-11H,4-5,7-8H2,1-2H3. The number of hydrogen-bond donors (Lipinski definition) is 0. The Kier molecular flexibility index (Phi) is 3.78.